The van der Waals surface area contributed by atoms with E-state index in [2.05, 4.69) is 27.3 Å². The summed E-state index contributed by atoms with van der Waals surface area (Å²) in [4.78, 5) is 8.76. The standard InChI is InChI=1S/C14H21N5O/c1-10-11(2)18-19(12(10)3)14-16-8-13(9-17-14)7-15-5-6-20-4/h8-9,15H,5-7H2,1-4H3. The van der Waals surface area contributed by atoms with Crippen molar-refractivity contribution in [2.75, 3.05) is 20.3 Å². The van der Waals surface area contributed by atoms with E-state index in [0.29, 0.717) is 12.6 Å². The van der Waals surface area contributed by atoms with Gasteiger partial charge >= 0.3 is 0 Å². The van der Waals surface area contributed by atoms with Crippen LogP contribution in [0, 0.1) is 20.8 Å². The van der Waals surface area contributed by atoms with Crippen molar-refractivity contribution in [3.63, 3.8) is 0 Å². The second-order valence-electron chi connectivity index (χ2n) is 4.77. The normalized spacial score (nSPS) is 11.0. The van der Waals surface area contributed by atoms with E-state index < -0.39 is 0 Å². The summed E-state index contributed by atoms with van der Waals surface area (Å²) >= 11 is 0. The average molecular weight is 275 g/mol. The Labute approximate surface area is 119 Å². The molecule has 0 bridgehead atoms. The fourth-order valence-electron chi connectivity index (χ4n) is 1.87. The van der Waals surface area contributed by atoms with Crippen LogP contribution in [0.1, 0.15) is 22.5 Å². The van der Waals surface area contributed by atoms with Crippen molar-refractivity contribution >= 4 is 0 Å². The minimum Gasteiger partial charge on any atom is -0.383 e. The van der Waals surface area contributed by atoms with E-state index in [4.69, 9.17) is 4.74 Å². The third kappa shape index (κ3) is 3.20. The van der Waals surface area contributed by atoms with E-state index in [0.717, 1.165) is 30.0 Å². The van der Waals surface area contributed by atoms with Crippen LogP contribution in [-0.4, -0.2) is 40.0 Å². The predicted octanol–water partition coefficient (Wildman–Crippen LogP) is 1.32. The third-order valence-corrected chi connectivity index (χ3v) is 3.35. The van der Waals surface area contributed by atoms with Crippen molar-refractivity contribution < 1.29 is 4.74 Å². The first-order valence-corrected chi connectivity index (χ1v) is 6.67. The summed E-state index contributed by atoms with van der Waals surface area (Å²) in [6, 6.07) is 0. The summed E-state index contributed by atoms with van der Waals surface area (Å²) in [6.45, 7) is 8.33. The zero-order chi connectivity index (χ0) is 14.5. The van der Waals surface area contributed by atoms with Crippen molar-refractivity contribution in [1.29, 1.82) is 0 Å². The number of aromatic nitrogens is 4. The van der Waals surface area contributed by atoms with E-state index in [1.165, 1.54) is 5.56 Å². The van der Waals surface area contributed by atoms with Gasteiger partial charge in [-0.2, -0.15) is 5.10 Å². The molecule has 1 N–H and O–H groups in total. The first-order valence-electron chi connectivity index (χ1n) is 6.67. The summed E-state index contributed by atoms with van der Waals surface area (Å²) in [6.07, 6.45) is 3.65. The number of hydrogen-bond acceptors (Lipinski definition) is 5. The smallest absolute Gasteiger partial charge is 0.250 e. The van der Waals surface area contributed by atoms with Gasteiger partial charge in [-0.05, 0) is 26.3 Å². The van der Waals surface area contributed by atoms with Crippen molar-refractivity contribution in [3.8, 4) is 5.95 Å². The Morgan fingerprint density at radius 2 is 1.90 bits per heavy atom. The molecule has 2 aromatic heterocycles. The summed E-state index contributed by atoms with van der Waals surface area (Å²) in [5, 5.41) is 7.71. The van der Waals surface area contributed by atoms with Crippen LogP contribution in [-0.2, 0) is 11.3 Å². The predicted molar refractivity (Wildman–Crippen MR) is 76.9 cm³/mol. The molecule has 0 radical (unpaired) electrons. The van der Waals surface area contributed by atoms with Gasteiger partial charge < -0.3 is 10.1 Å². The molecular weight excluding hydrogens is 254 g/mol. The van der Waals surface area contributed by atoms with Gasteiger partial charge in [0.15, 0.2) is 0 Å². The zero-order valence-corrected chi connectivity index (χ0v) is 12.5. The Morgan fingerprint density at radius 1 is 1.20 bits per heavy atom. The van der Waals surface area contributed by atoms with E-state index in [9.17, 15) is 0 Å². The number of hydrogen-bond donors (Lipinski definition) is 1. The highest BCUT2D eigenvalue weighted by Gasteiger charge is 2.10. The van der Waals surface area contributed by atoms with Gasteiger partial charge in [-0.15, -0.1) is 0 Å². The molecule has 2 heterocycles. The van der Waals surface area contributed by atoms with Gasteiger partial charge in [0.2, 0.25) is 0 Å². The van der Waals surface area contributed by atoms with Crippen molar-refractivity contribution in [3.05, 3.63) is 34.9 Å². The molecule has 6 heteroatoms. The first-order chi connectivity index (χ1) is 9.63. The average Bonchev–Trinajstić information content (AvgIpc) is 2.72. The summed E-state index contributed by atoms with van der Waals surface area (Å²) < 4.78 is 6.76. The van der Waals surface area contributed by atoms with Crippen LogP contribution >= 0.6 is 0 Å². The number of ether oxygens (including phenoxy) is 1. The molecule has 0 saturated heterocycles. The lowest BCUT2D eigenvalue weighted by Crippen LogP contribution is -2.19. The summed E-state index contributed by atoms with van der Waals surface area (Å²) in [5.74, 6) is 0.611. The second kappa shape index (κ2) is 6.58. The molecule has 0 spiro atoms. The van der Waals surface area contributed by atoms with Gasteiger partial charge in [-0.25, -0.2) is 14.6 Å². The molecule has 0 aromatic carbocycles. The number of aryl methyl sites for hydroxylation is 1. The Hall–Kier alpha value is -1.79. The summed E-state index contributed by atoms with van der Waals surface area (Å²) in [5.41, 5.74) is 4.31. The molecular formula is C14H21N5O. The highest BCUT2D eigenvalue weighted by molar-refractivity contribution is 5.28. The lowest BCUT2D eigenvalue weighted by atomic mass is 10.2. The zero-order valence-electron chi connectivity index (χ0n) is 12.5. The maximum Gasteiger partial charge on any atom is 0.250 e. The van der Waals surface area contributed by atoms with Crippen molar-refractivity contribution in [1.82, 2.24) is 25.1 Å². The Morgan fingerprint density at radius 3 is 2.45 bits per heavy atom. The third-order valence-electron chi connectivity index (χ3n) is 3.35. The molecule has 0 aliphatic heterocycles. The molecule has 0 fully saturated rings. The maximum absolute atomic E-state index is 4.98. The molecule has 0 atom stereocenters. The molecule has 6 nitrogen and oxygen atoms in total. The van der Waals surface area contributed by atoms with Crippen LogP contribution in [0.2, 0.25) is 0 Å². The minimum absolute atomic E-state index is 0.611. The van der Waals surface area contributed by atoms with E-state index in [1.54, 1.807) is 11.8 Å². The summed E-state index contributed by atoms with van der Waals surface area (Å²) in [7, 11) is 1.69. The van der Waals surface area contributed by atoms with Gasteiger partial charge in [0.1, 0.15) is 0 Å². The van der Waals surface area contributed by atoms with Gasteiger partial charge in [-0.3, -0.25) is 0 Å². The number of methoxy groups -OCH3 is 1. The Bertz CT molecular complexity index is 562. The lowest BCUT2D eigenvalue weighted by molar-refractivity contribution is 0.199. The first kappa shape index (κ1) is 14.6. The molecule has 2 rings (SSSR count). The van der Waals surface area contributed by atoms with Crippen LogP contribution < -0.4 is 5.32 Å². The fraction of sp³-hybridized carbons (Fsp3) is 0.500. The second-order valence-corrected chi connectivity index (χ2v) is 4.77. The van der Waals surface area contributed by atoms with E-state index >= 15 is 0 Å². The van der Waals surface area contributed by atoms with Crippen LogP contribution in [0.3, 0.4) is 0 Å². The van der Waals surface area contributed by atoms with Crippen molar-refractivity contribution in [2.24, 2.45) is 0 Å². The lowest BCUT2D eigenvalue weighted by Gasteiger charge is -2.05. The quantitative estimate of drug-likeness (QED) is 0.806. The molecule has 0 unspecified atom stereocenters. The number of rotatable bonds is 6. The van der Waals surface area contributed by atoms with Gasteiger partial charge in [0, 0.05) is 43.9 Å². The molecule has 20 heavy (non-hydrogen) atoms. The molecule has 0 saturated carbocycles. The topological polar surface area (TPSA) is 64.9 Å². The SMILES string of the molecule is COCCNCc1cnc(-n2nc(C)c(C)c2C)nc1. The monoisotopic (exact) mass is 275 g/mol. The van der Waals surface area contributed by atoms with Gasteiger partial charge in [0.25, 0.3) is 5.95 Å². The number of nitrogens with one attached hydrogen (secondary N) is 1. The molecule has 2 aromatic rings. The minimum atomic E-state index is 0.611. The largest absolute Gasteiger partial charge is 0.383 e. The van der Waals surface area contributed by atoms with Crippen LogP contribution in [0.4, 0.5) is 0 Å². The van der Waals surface area contributed by atoms with Crippen molar-refractivity contribution in [2.45, 2.75) is 27.3 Å². The molecule has 0 amide bonds. The fourth-order valence-corrected chi connectivity index (χ4v) is 1.87. The highest BCUT2D eigenvalue weighted by atomic mass is 16.5. The highest BCUT2D eigenvalue weighted by Crippen LogP contribution is 2.13. The van der Waals surface area contributed by atoms with Crippen LogP contribution in [0.5, 0.6) is 0 Å². The van der Waals surface area contributed by atoms with E-state index in [1.807, 2.05) is 26.2 Å². The molecule has 108 valence electrons. The van der Waals surface area contributed by atoms with Crippen LogP contribution in [0.15, 0.2) is 12.4 Å². The maximum atomic E-state index is 4.98. The Kier molecular flexibility index (Phi) is 4.81. The van der Waals surface area contributed by atoms with Crippen LogP contribution in [0.25, 0.3) is 5.95 Å². The van der Waals surface area contributed by atoms with E-state index in [-0.39, 0.29) is 0 Å². The van der Waals surface area contributed by atoms with Gasteiger partial charge in [0.05, 0.1) is 12.3 Å². The van der Waals surface area contributed by atoms with Gasteiger partial charge in [-0.1, -0.05) is 0 Å². The molecule has 0 aliphatic carbocycles. The number of nitrogens with zero attached hydrogens (tertiary/aromatic N) is 4. The molecule has 0 aliphatic rings. The Balaban J connectivity index is 2.06.